The molecular weight excluding hydrogens is 324 g/mol. The van der Waals surface area contributed by atoms with E-state index < -0.39 is 0 Å². The highest BCUT2D eigenvalue weighted by molar-refractivity contribution is 7.11. The van der Waals surface area contributed by atoms with Crippen molar-refractivity contribution in [2.75, 3.05) is 14.2 Å². The summed E-state index contributed by atoms with van der Waals surface area (Å²) in [5.74, 6) is 1.74. The highest BCUT2D eigenvalue weighted by Gasteiger charge is 2.10. The maximum Gasteiger partial charge on any atom is 0.284 e. The van der Waals surface area contributed by atoms with Crippen LogP contribution in [-0.2, 0) is 0 Å². The molecule has 0 atom stereocenters. The second-order valence-corrected chi connectivity index (χ2v) is 5.66. The van der Waals surface area contributed by atoms with Crippen molar-refractivity contribution in [3.05, 3.63) is 52.5 Å². The maximum absolute atomic E-state index is 9.41. The number of nitriles is 1. The van der Waals surface area contributed by atoms with E-state index in [0.29, 0.717) is 22.3 Å². The predicted octanol–water partition coefficient (Wildman–Crippen LogP) is 4.48. The number of allylic oxidation sites excluding steroid dienone is 1. The Bertz CT molecular complexity index is 901. The van der Waals surface area contributed by atoms with Gasteiger partial charge in [0.05, 0.1) is 25.5 Å². The number of methoxy groups -OCH3 is 2. The van der Waals surface area contributed by atoms with Crippen molar-refractivity contribution in [2.24, 2.45) is 0 Å². The topological polar surface area (TPSA) is 68.3 Å². The number of ether oxygens (including phenoxy) is 2. The minimum Gasteiger partial charge on any atom is -0.497 e. The van der Waals surface area contributed by atoms with Crippen LogP contribution in [-0.4, -0.2) is 19.2 Å². The Morgan fingerprint density at radius 1 is 1.17 bits per heavy atom. The lowest BCUT2D eigenvalue weighted by Crippen LogP contribution is -1.84. The standard InChI is InChI=1S/C18H14N2O3S/c1-21-14-5-3-12(4-6-14)16-11-24-18(20-16)13(10-19)9-15-7-8-17(22-2)23-15/h3-9,11H,1-2H3/b13-9+. The van der Waals surface area contributed by atoms with Gasteiger partial charge < -0.3 is 13.9 Å². The number of thiazole rings is 1. The lowest BCUT2D eigenvalue weighted by Gasteiger charge is -2.00. The molecule has 0 aliphatic rings. The summed E-state index contributed by atoms with van der Waals surface area (Å²) >= 11 is 1.41. The Morgan fingerprint density at radius 2 is 1.96 bits per heavy atom. The molecule has 0 aliphatic heterocycles. The summed E-state index contributed by atoms with van der Waals surface area (Å²) in [5.41, 5.74) is 2.22. The molecule has 0 saturated carbocycles. The molecule has 2 aromatic heterocycles. The normalized spacial score (nSPS) is 11.1. The van der Waals surface area contributed by atoms with Gasteiger partial charge in [0.1, 0.15) is 22.6 Å². The van der Waals surface area contributed by atoms with Crippen LogP contribution >= 0.6 is 11.3 Å². The van der Waals surface area contributed by atoms with E-state index in [1.54, 1.807) is 25.3 Å². The van der Waals surface area contributed by atoms with E-state index in [0.717, 1.165) is 17.0 Å². The number of hydrogen-bond acceptors (Lipinski definition) is 6. The Kier molecular flexibility index (Phi) is 4.64. The van der Waals surface area contributed by atoms with E-state index in [9.17, 15) is 5.26 Å². The minimum absolute atomic E-state index is 0.400. The van der Waals surface area contributed by atoms with Crippen molar-refractivity contribution in [3.63, 3.8) is 0 Å². The first-order valence-corrected chi connectivity index (χ1v) is 7.97. The number of rotatable bonds is 5. The second kappa shape index (κ2) is 7.02. The smallest absolute Gasteiger partial charge is 0.284 e. The van der Waals surface area contributed by atoms with Crippen molar-refractivity contribution in [3.8, 4) is 29.0 Å². The molecule has 5 nitrogen and oxygen atoms in total. The zero-order valence-corrected chi connectivity index (χ0v) is 14.0. The van der Waals surface area contributed by atoms with Gasteiger partial charge in [0.15, 0.2) is 0 Å². The molecule has 0 amide bonds. The molecule has 0 saturated heterocycles. The van der Waals surface area contributed by atoms with Gasteiger partial charge in [0, 0.05) is 23.1 Å². The van der Waals surface area contributed by atoms with Crippen LogP contribution in [0.25, 0.3) is 22.9 Å². The number of furan rings is 1. The second-order valence-electron chi connectivity index (χ2n) is 4.80. The highest BCUT2D eigenvalue weighted by atomic mass is 32.1. The van der Waals surface area contributed by atoms with Crippen molar-refractivity contribution < 1.29 is 13.9 Å². The van der Waals surface area contributed by atoms with Crippen LogP contribution in [0.1, 0.15) is 10.8 Å². The fourth-order valence-corrected chi connectivity index (χ4v) is 2.89. The molecule has 0 fully saturated rings. The van der Waals surface area contributed by atoms with E-state index in [4.69, 9.17) is 13.9 Å². The highest BCUT2D eigenvalue weighted by Crippen LogP contribution is 2.29. The van der Waals surface area contributed by atoms with E-state index in [-0.39, 0.29) is 0 Å². The van der Waals surface area contributed by atoms with Gasteiger partial charge in [0.2, 0.25) is 0 Å². The first-order chi connectivity index (χ1) is 11.7. The van der Waals surface area contributed by atoms with Crippen molar-refractivity contribution in [2.45, 2.75) is 0 Å². The number of hydrogen-bond donors (Lipinski definition) is 0. The molecular formula is C18H14N2O3S. The van der Waals surface area contributed by atoms with Crippen LogP contribution in [0.5, 0.6) is 11.7 Å². The molecule has 1 aromatic carbocycles. The number of nitrogens with zero attached hydrogens (tertiary/aromatic N) is 2. The van der Waals surface area contributed by atoms with E-state index in [1.807, 2.05) is 29.6 Å². The molecule has 3 aromatic rings. The van der Waals surface area contributed by atoms with Gasteiger partial charge in [-0.15, -0.1) is 11.3 Å². The largest absolute Gasteiger partial charge is 0.497 e. The van der Waals surface area contributed by atoms with Crippen LogP contribution in [0, 0.1) is 11.3 Å². The molecule has 0 unspecified atom stereocenters. The quantitative estimate of drug-likeness (QED) is 0.641. The van der Waals surface area contributed by atoms with Gasteiger partial charge in [0.25, 0.3) is 5.95 Å². The van der Waals surface area contributed by atoms with E-state index >= 15 is 0 Å². The first kappa shape index (κ1) is 15.8. The summed E-state index contributed by atoms with van der Waals surface area (Å²) in [6.07, 6.45) is 1.65. The molecule has 3 rings (SSSR count). The molecule has 0 spiro atoms. The summed E-state index contributed by atoms with van der Waals surface area (Å²) in [6, 6.07) is 13.2. The Hall–Kier alpha value is -3.04. The summed E-state index contributed by atoms with van der Waals surface area (Å²) in [6.45, 7) is 0. The van der Waals surface area contributed by atoms with Gasteiger partial charge in [-0.05, 0) is 30.3 Å². The zero-order valence-electron chi connectivity index (χ0n) is 13.1. The SMILES string of the molecule is COc1ccc(-c2csc(/C(C#N)=C/c3ccc(OC)o3)n2)cc1. The summed E-state index contributed by atoms with van der Waals surface area (Å²) in [4.78, 5) is 4.54. The summed E-state index contributed by atoms with van der Waals surface area (Å²) < 4.78 is 15.6. The molecule has 6 heteroatoms. The van der Waals surface area contributed by atoms with E-state index in [1.165, 1.54) is 18.4 Å². The van der Waals surface area contributed by atoms with Gasteiger partial charge in [-0.3, -0.25) is 0 Å². The molecule has 2 heterocycles. The average Bonchev–Trinajstić information content (AvgIpc) is 3.29. The maximum atomic E-state index is 9.41. The van der Waals surface area contributed by atoms with Crippen LogP contribution in [0.4, 0.5) is 0 Å². The average molecular weight is 338 g/mol. The summed E-state index contributed by atoms with van der Waals surface area (Å²) in [5, 5.41) is 12.0. The molecule has 120 valence electrons. The fraction of sp³-hybridized carbons (Fsp3) is 0.111. The zero-order chi connectivity index (χ0) is 16.9. The number of benzene rings is 1. The van der Waals surface area contributed by atoms with Crippen LogP contribution < -0.4 is 9.47 Å². The third-order valence-electron chi connectivity index (χ3n) is 3.33. The van der Waals surface area contributed by atoms with Gasteiger partial charge in [-0.1, -0.05) is 0 Å². The molecule has 0 aliphatic carbocycles. The molecule has 24 heavy (non-hydrogen) atoms. The summed E-state index contributed by atoms with van der Waals surface area (Å²) in [7, 11) is 3.16. The molecule has 0 N–H and O–H groups in total. The molecule has 0 radical (unpaired) electrons. The van der Waals surface area contributed by atoms with Gasteiger partial charge >= 0.3 is 0 Å². The van der Waals surface area contributed by atoms with E-state index in [2.05, 4.69) is 11.1 Å². The van der Waals surface area contributed by atoms with Gasteiger partial charge in [-0.2, -0.15) is 5.26 Å². The third-order valence-corrected chi connectivity index (χ3v) is 4.21. The monoisotopic (exact) mass is 338 g/mol. The lowest BCUT2D eigenvalue weighted by atomic mass is 10.1. The van der Waals surface area contributed by atoms with Crippen molar-refractivity contribution >= 4 is 23.0 Å². The Morgan fingerprint density at radius 3 is 2.58 bits per heavy atom. The van der Waals surface area contributed by atoms with Crippen molar-refractivity contribution in [1.82, 2.24) is 4.98 Å². The van der Waals surface area contributed by atoms with Crippen LogP contribution in [0.15, 0.2) is 46.2 Å². The third kappa shape index (κ3) is 3.31. The molecule has 0 bridgehead atoms. The van der Waals surface area contributed by atoms with Crippen molar-refractivity contribution in [1.29, 1.82) is 5.26 Å². The van der Waals surface area contributed by atoms with Gasteiger partial charge in [-0.25, -0.2) is 4.98 Å². The Labute approximate surface area is 143 Å². The predicted molar refractivity (Wildman–Crippen MR) is 92.8 cm³/mol. The first-order valence-electron chi connectivity index (χ1n) is 7.09. The minimum atomic E-state index is 0.400. The fourth-order valence-electron chi connectivity index (χ4n) is 2.10. The van der Waals surface area contributed by atoms with Crippen LogP contribution in [0.3, 0.4) is 0 Å². The Balaban J connectivity index is 1.88. The van der Waals surface area contributed by atoms with Crippen LogP contribution in [0.2, 0.25) is 0 Å². The number of aromatic nitrogens is 1. The lowest BCUT2D eigenvalue weighted by molar-refractivity contribution is 0.303.